The van der Waals surface area contributed by atoms with Crippen molar-refractivity contribution in [2.75, 3.05) is 12.4 Å². The number of carbonyl (C=O) groups excluding carboxylic acids is 2. The van der Waals surface area contributed by atoms with E-state index >= 15 is 0 Å². The highest BCUT2D eigenvalue weighted by molar-refractivity contribution is 5.98. The summed E-state index contributed by atoms with van der Waals surface area (Å²) in [5, 5.41) is 13.5. The lowest BCUT2D eigenvalue weighted by Gasteiger charge is -2.14. The molecule has 0 fully saturated rings. The lowest BCUT2D eigenvalue weighted by molar-refractivity contribution is -0.384. The summed E-state index contributed by atoms with van der Waals surface area (Å²) in [6, 6.07) is 7.70. The Morgan fingerprint density at radius 3 is 2.52 bits per heavy atom. The first-order valence-electron chi connectivity index (χ1n) is 7.83. The molecule has 0 heterocycles. The molecule has 8 nitrogen and oxygen atoms in total. The smallest absolute Gasteiger partial charge is 0.339 e. The summed E-state index contributed by atoms with van der Waals surface area (Å²) < 4.78 is 23.5. The molecule has 0 unspecified atom stereocenters. The van der Waals surface area contributed by atoms with Crippen molar-refractivity contribution in [3.63, 3.8) is 0 Å². The van der Waals surface area contributed by atoms with E-state index in [9.17, 15) is 24.1 Å². The van der Waals surface area contributed by atoms with E-state index in [4.69, 9.17) is 9.47 Å². The van der Waals surface area contributed by atoms with Crippen LogP contribution in [0.25, 0.3) is 0 Å². The van der Waals surface area contributed by atoms with E-state index in [1.165, 1.54) is 38.3 Å². The molecule has 2 aromatic rings. The molecule has 0 aliphatic carbocycles. The number of esters is 1. The number of nitro groups is 1. The van der Waals surface area contributed by atoms with E-state index < -0.39 is 28.7 Å². The molecule has 0 bridgehead atoms. The number of nitro benzene ring substituents is 1. The number of hydrogen-bond donors (Lipinski definition) is 1. The van der Waals surface area contributed by atoms with E-state index in [0.717, 1.165) is 12.1 Å². The third-order valence-electron chi connectivity index (χ3n) is 3.72. The number of methoxy groups -OCH3 is 1. The lowest BCUT2D eigenvalue weighted by Crippen LogP contribution is -2.30. The van der Waals surface area contributed by atoms with Crippen molar-refractivity contribution in [2.24, 2.45) is 0 Å². The molecule has 9 heteroatoms. The second kappa shape index (κ2) is 8.26. The summed E-state index contributed by atoms with van der Waals surface area (Å²) in [5.41, 5.74) is -0.130. The molecule has 0 aliphatic heterocycles. The third kappa shape index (κ3) is 4.78. The molecule has 0 aliphatic rings. The number of aryl methyl sites for hydroxylation is 1. The molecule has 27 heavy (non-hydrogen) atoms. The number of carbonyl (C=O) groups is 2. The largest absolute Gasteiger partial charge is 0.496 e. The van der Waals surface area contributed by atoms with Gasteiger partial charge in [0, 0.05) is 0 Å². The van der Waals surface area contributed by atoms with Gasteiger partial charge in [-0.25, -0.2) is 9.18 Å². The second-order valence-electron chi connectivity index (χ2n) is 5.64. The summed E-state index contributed by atoms with van der Waals surface area (Å²) in [6.07, 6.45) is -1.26. The van der Waals surface area contributed by atoms with Crippen molar-refractivity contribution >= 4 is 23.3 Å². The van der Waals surface area contributed by atoms with Crippen LogP contribution in [0.1, 0.15) is 22.8 Å². The zero-order chi connectivity index (χ0) is 20.1. The number of halogens is 1. The third-order valence-corrected chi connectivity index (χ3v) is 3.72. The Kier molecular flexibility index (Phi) is 6.07. The fraction of sp³-hybridized carbons (Fsp3) is 0.222. The Labute approximate surface area is 154 Å². The minimum atomic E-state index is -1.26. The lowest BCUT2D eigenvalue weighted by atomic mass is 10.1. The highest BCUT2D eigenvalue weighted by atomic mass is 19.1. The summed E-state index contributed by atoms with van der Waals surface area (Å²) in [7, 11) is 1.35. The number of benzene rings is 2. The number of nitrogens with zero attached hydrogens (tertiary/aromatic N) is 1. The Hall–Kier alpha value is -3.49. The first kappa shape index (κ1) is 19.8. The molecule has 0 saturated carbocycles. The maximum Gasteiger partial charge on any atom is 0.339 e. The van der Waals surface area contributed by atoms with Crippen LogP contribution in [-0.2, 0) is 9.53 Å². The van der Waals surface area contributed by atoms with Gasteiger partial charge in [0.25, 0.3) is 11.6 Å². The van der Waals surface area contributed by atoms with Crippen LogP contribution in [0.15, 0.2) is 36.4 Å². The Bertz CT molecular complexity index is 899. The van der Waals surface area contributed by atoms with Crippen LogP contribution in [0, 0.1) is 22.9 Å². The van der Waals surface area contributed by atoms with E-state index in [1.807, 2.05) is 0 Å². The number of ether oxygens (including phenoxy) is 2. The van der Waals surface area contributed by atoms with Crippen molar-refractivity contribution in [2.45, 2.75) is 20.0 Å². The van der Waals surface area contributed by atoms with Gasteiger partial charge in [-0.15, -0.1) is 0 Å². The highest BCUT2D eigenvalue weighted by Crippen LogP contribution is 2.29. The van der Waals surface area contributed by atoms with Gasteiger partial charge in [0.05, 0.1) is 23.7 Å². The minimum absolute atomic E-state index is 0.0480. The molecule has 2 rings (SSSR count). The van der Waals surface area contributed by atoms with E-state index in [1.54, 1.807) is 6.92 Å². The SMILES string of the molecule is COc1ccc(NC(=O)[C@H](C)OC(=O)c2ccc(C)c(F)c2)c([N+](=O)[O-])c1. The average molecular weight is 376 g/mol. The minimum Gasteiger partial charge on any atom is -0.496 e. The van der Waals surface area contributed by atoms with Crippen molar-refractivity contribution < 1.29 is 28.4 Å². The van der Waals surface area contributed by atoms with Gasteiger partial charge in [-0.2, -0.15) is 0 Å². The van der Waals surface area contributed by atoms with Gasteiger partial charge in [-0.3, -0.25) is 14.9 Å². The molecular formula is C18H17FN2O6. The normalized spacial score (nSPS) is 11.4. The van der Waals surface area contributed by atoms with Gasteiger partial charge < -0.3 is 14.8 Å². The quantitative estimate of drug-likeness (QED) is 0.471. The van der Waals surface area contributed by atoms with Crippen LogP contribution in [-0.4, -0.2) is 30.0 Å². The molecule has 2 aromatic carbocycles. The van der Waals surface area contributed by atoms with Crippen LogP contribution in [0.2, 0.25) is 0 Å². The molecule has 1 amide bonds. The van der Waals surface area contributed by atoms with Gasteiger partial charge >= 0.3 is 5.97 Å². The number of rotatable bonds is 6. The van der Waals surface area contributed by atoms with Gasteiger partial charge in [0.15, 0.2) is 6.10 Å². The maximum absolute atomic E-state index is 13.5. The molecule has 0 radical (unpaired) electrons. The van der Waals surface area contributed by atoms with Gasteiger partial charge in [-0.1, -0.05) is 6.07 Å². The van der Waals surface area contributed by atoms with E-state index in [0.29, 0.717) is 5.56 Å². The first-order chi connectivity index (χ1) is 12.7. The Balaban J connectivity index is 2.10. The molecule has 142 valence electrons. The van der Waals surface area contributed by atoms with Crippen molar-refractivity contribution in [1.82, 2.24) is 0 Å². The maximum atomic E-state index is 13.5. The molecular weight excluding hydrogens is 359 g/mol. The number of anilines is 1. The van der Waals surface area contributed by atoms with E-state index in [-0.39, 0.29) is 22.7 Å². The monoisotopic (exact) mass is 376 g/mol. The number of hydrogen-bond acceptors (Lipinski definition) is 6. The van der Waals surface area contributed by atoms with Crippen LogP contribution < -0.4 is 10.1 Å². The molecule has 1 N–H and O–H groups in total. The number of nitrogens with one attached hydrogen (secondary N) is 1. The summed E-state index contributed by atoms with van der Waals surface area (Å²) in [6.45, 7) is 2.84. The fourth-order valence-electron chi connectivity index (χ4n) is 2.13. The number of amides is 1. The van der Waals surface area contributed by atoms with Gasteiger partial charge in [-0.05, 0) is 43.7 Å². The first-order valence-corrected chi connectivity index (χ1v) is 7.83. The zero-order valence-electron chi connectivity index (χ0n) is 14.8. The topological polar surface area (TPSA) is 108 Å². The fourth-order valence-corrected chi connectivity index (χ4v) is 2.13. The summed E-state index contributed by atoms with van der Waals surface area (Å²) in [5.74, 6) is -1.99. The van der Waals surface area contributed by atoms with E-state index in [2.05, 4.69) is 5.32 Å². The van der Waals surface area contributed by atoms with Crippen LogP contribution in [0.3, 0.4) is 0 Å². The predicted molar refractivity (Wildman–Crippen MR) is 94.3 cm³/mol. The zero-order valence-corrected chi connectivity index (χ0v) is 14.8. The van der Waals surface area contributed by atoms with Crippen molar-refractivity contribution in [3.05, 3.63) is 63.5 Å². The van der Waals surface area contributed by atoms with Crippen molar-refractivity contribution in [1.29, 1.82) is 0 Å². The van der Waals surface area contributed by atoms with Crippen LogP contribution in [0.4, 0.5) is 15.8 Å². The Morgan fingerprint density at radius 2 is 1.93 bits per heavy atom. The Morgan fingerprint density at radius 1 is 1.22 bits per heavy atom. The standard InChI is InChI=1S/C18H17FN2O6/c1-10-4-5-12(8-14(10)19)18(23)27-11(2)17(22)20-15-7-6-13(26-3)9-16(15)21(24)25/h4-9,11H,1-3H3,(H,20,22)/t11-/m0/s1. The highest BCUT2D eigenvalue weighted by Gasteiger charge is 2.23. The average Bonchev–Trinajstić information content (AvgIpc) is 2.63. The van der Waals surface area contributed by atoms with Crippen LogP contribution >= 0.6 is 0 Å². The molecule has 0 aromatic heterocycles. The summed E-state index contributed by atoms with van der Waals surface area (Å²) in [4.78, 5) is 34.7. The van der Waals surface area contributed by atoms with Crippen LogP contribution in [0.5, 0.6) is 5.75 Å². The summed E-state index contributed by atoms with van der Waals surface area (Å²) >= 11 is 0. The predicted octanol–water partition coefficient (Wildman–Crippen LogP) is 3.23. The molecule has 0 spiro atoms. The second-order valence-corrected chi connectivity index (χ2v) is 5.64. The molecule has 1 atom stereocenters. The molecule has 0 saturated heterocycles. The van der Waals surface area contributed by atoms with Gasteiger partial charge in [0.2, 0.25) is 0 Å². The van der Waals surface area contributed by atoms with Gasteiger partial charge in [0.1, 0.15) is 17.3 Å². The van der Waals surface area contributed by atoms with Crippen molar-refractivity contribution in [3.8, 4) is 5.75 Å².